The summed E-state index contributed by atoms with van der Waals surface area (Å²) in [6.07, 6.45) is -11.8. The maximum atomic E-state index is 12.9. The summed E-state index contributed by atoms with van der Waals surface area (Å²) in [6, 6.07) is 10.7. The highest BCUT2D eigenvalue weighted by Crippen LogP contribution is 2.39. The topological polar surface area (TPSA) is 240 Å². The summed E-state index contributed by atoms with van der Waals surface area (Å²) in [4.78, 5) is 25.3. The first kappa shape index (κ1) is 35.0. The number of aromatic hydroxyl groups is 1. The number of carbonyl (C=O) groups is 2. The normalized spacial score (nSPS) is 31.0. The molecule has 0 radical (unpaired) electrons. The molecule has 4 rings (SSSR count). The lowest BCUT2D eigenvalue weighted by atomic mass is 9.98. The third kappa shape index (κ3) is 7.41. The molecule has 2 aromatic rings. The van der Waals surface area contributed by atoms with Crippen LogP contribution in [0.1, 0.15) is 15.9 Å². The number of phenols is 1. The molecule has 0 unspecified atom stereocenters. The molecule has 0 spiro atoms. The molecular weight excluding hydrogens is 616 g/mol. The Morgan fingerprint density at radius 1 is 0.913 bits per heavy atom. The van der Waals surface area contributed by atoms with Crippen molar-refractivity contribution in [3.8, 4) is 17.2 Å². The molecule has 0 amide bonds. The van der Waals surface area contributed by atoms with Gasteiger partial charge in [-0.3, -0.25) is 0 Å². The van der Waals surface area contributed by atoms with Crippen molar-refractivity contribution in [2.24, 2.45) is 0 Å². The van der Waals surface area contributed by atoms with E-state index >= 15 is 0 Å². The van der Waals surface area contributed by atoms with Crippen molar-refractivity contribution in [3.63, 3.8) is 0 Å². The Balaban J connectivity index is 1.51. The van der Waals surface area contributed by atoms with Gasteiger partial charge in [0.1, 0.15) is 49.8 Å². The second-order valence-corrected chi connectivity index (χ2v) is 10.4. The van der Waals surface area contributed by atoms with E-state index in [0.717, 1.165) is 6.08 Å². The molecule has 7 N–H and O–H groups in total. The lowest BCUT2D eigenvalue weighted by molar-refractivity contribution is -0.383. The maximum Gasteiger partial charge on any atom is 0.338 e. The molecule has 2 aliphatic rings. The molecular formula is C30H36O16. The van der Waals surface area contributed by atoms with Crippen molar-refractivity contribution in [2.45, 2.75) is 54.8 Å². The van der Waals surface area contributed by atoms with Crippen LogP contribution in [0.2, 0.25) is 0 Å². The average molecular weight is 653 g/mol. The van der Waals surface area contributed by atoms with Gasteiger partial charge in [-0.2, -0.15) is 0 Å². The molecule has 0 aliphatic carbocycles. The van der Waals surface area contributed by atoms with Crippen LogP contribution in [0.3, 0.4) is 0 Å². The standard InChI is InChI=1S/C30H36O16/c1-40-17-10-15(11-18(41-2)22(17)34)8-9-21(33)44-27-24(36)19(12-31)45-30(27,14-32)46-29-26(38)25(37)23(35)20(43-29)13-42-28(39)16-6-4-3-5-7-16/h3-11,19-20,23-27,29,31-32,34-38H,12-14H2,1-2H3/b9-8+/t19-,20-,23-,24-,25+,26-,27+,29+,30+/m1/s1. The van der Waals surface area contributed by atoms with Crippen molar-refractivity contribution >= 4 is 18.0 Å². The van der Waals surface area contributed by atoms with Crippen molar-refractivity contribution in [1.82, 2.24) is 0 Å². The van der Waals surface area contributed by atoms with Gasteiger partial charge in [0.05, 0.1) is 26.4 Å². The van der Waals surface area contributed by atoms with Crippen molar-refractivity contribution in [1.29, 1.82) is 0 Å². The van der Waals surface area contributed by atoms with E-state index in [1.54, 1.807) is 18.2 Å². The zero-order valence-corrected chi connectivity index (χ0v) is 24.7. The summed E-state index contributed by atoms with van der Waals surface area (Å²) in [5.74, 6) is -4.46. The Kier molecular flexibility index (Phi) is 11.5. The summed E-state index contributed by atoms with van der Waals surface area (Å²) < 4.78 is 37.6. The fourth-order valence-electron chi connectivity index (χ4n) is 4.91. The Bertz CT molecular complexity index is 1340. The second-order valence-electron chi connectivity index (χ2n) is 10.4. The molecule has 0 aromatic heterocycles. The SMILES string of the molecule is COc1cc(/C=C/C(=O)O[C@H]2[C@H](O)[C@@H](CO)O[C@@]2(CO)O[C@@H]2O[C@H](COC(=O)c3ccccc3)[C@@H](O)[C@H](O)[C@H]2O)cc(OC)c1O. The minimum absolute atomic E-state index is 0.0527. The van der Waals surface area contributed by atoms with Crippen LogP contribution in [-0.2, 0) is 28.5 Å². The quantitative estimate of drug-likeness (QED) is 0.101. The third-order valence-corrected chi connectivity index (χ3v) is 7.41. The van der Waals surface area contributed by atoms with E-state index in [1.165, 1.54) is 44.6 Å². The van der Waals surface area contributed by atoms with Crippen LogP contribution in [0.15, 0.2) is 48.5 Å². The molecule has 2 aromatic carbocycles. The molecule has 16 heteroatoms. The van der Waals surface area contributed by atoms with Gasteiger partial charge in [0, 0.05) is 6.08 Å². The number of hydrogen-bond acceptors (Lipinski definition) is 16. The van der Waals surface area contributed by atoms with Crippen LogP contribution < -0.4 is 9.47 Å². The van der Waals surface area contributed by atoms with Gasteiger partial charge >= 0.3 is 11.9 Å². The number of esters is 2. The molecule has 2 heterocycles. The molecule has 252 valence electrons. The predicted octanol–water partition coefficient (Wildman–Crippen LogP) is -1.54. The van der Waals surface area contributed by atoms with E-state index < -0.39 is 86.6 Å². The average Bonchev–Trinajstić information content (AvgIpc) is 3.33. The molecule has 2 saturated heterocycles. The Morgan fingerprint density at radius 3 is 2.15 bits per heavy atom. The first-order valence-electron chi connectivity index (χ1n) is 14.0. The molecule has 16 nitrogen and oxygen atoms in total. The van der Waals surface area contributed by atoms with E-state index in [0.29, 0.717) is 5.56 Å². The number of methoxy groups -OCH3 is 2. The molecule has 0 saturated carbocycles. The van der Waals surface area contributed by atoms with Gasteiger partial charge in [-0.15, -0.1) is 0 Å². The zero-order valence-electron chi connectivity index (χ0n) is 24.7. The van der Waals surface area contributed by atoms with E-state index in [4.69, 9.17) is 33.2 Å². The fraction of sp³-hybridized carbons (Fsp3) is 0.467. The lowest BCUT2D eigenvalue weighted by Gasteiger charge is -2.43. The number of ether oxygens (including phenoxy) is 7. The monoisotopic (exact) mass is 652 g/mol. The van der Waals surface area contributed by atoms with E-state index in [2.05, 4.69) is 0 Å². The van der Waals surface area contributed by atoms with Crippen LogP contribution in [0, 0.1) is 0 Å². The van der Waals surface area contributed by atoms with E-state index in [9.17, 15) is 45.3 Å². The lowest BCUT2D eigenvalue weighted by Crippen LogP contribution is -2.63. The van der Waals surface area contributed by atoms with Crippen LogP contribution in [0.4, 0.5) is 0 Å². The van der Waals surface area contributed by atoms with Crippen LogP contribution >= 0.6 is 0 Å². The van der Waals surface area contributed by atoms with Gasteiger partial charge in [-0.1, -0.05) is 18.2 Å². The Labute approximate surface area is 262 Å². The summed E-state index contributed by atoms with van der Waals surface area (Å²) in [6.45, 7) is -2.52. The van der Waals surface area contributed by atoms with Gasteiger partial charge in [0.2, 0.25) is 11.5 Å². The summed E-state index contributed by atoms with van der Waals surface area (Å²) >= 11 is 0. The first-order valence-corrected chi connectivity index (χ1v) is 14.0. The summed E-state index contributed by atoms with van der Waals surface area (Å²) in [5, 5.41) is 72.7. The van der Waals surface area contributed by atoms with Crippen LogP contribution in [-0.4, -0.2) is 137 Å². The first-order chi connectivity index (χ1) is 22.0. The summed E-state index contributed by atoms with van der Waals surface area (Å²) in [5.41, 5.74) is 0.543. The maximum absolute atomic E-state index is 12.9. The van der Waals surface area contributed by atoms with Gasteiger partial charge in [-0.25, -0.2) is 9.59 Å². The number of aliphatic hydroxyl groups excluding tert-OH is 6. The highest BCUT2D eigenvalue weighted by atomic mass is 16.8. The van der Waals surface area contributed by atoms with Crippen molar-refractivity contribution in [2.75, 3.05) is 34.0 Å². The Hall–Kier alpha value is -3.84. The minimum Gasteiger partial charge on any atom is -0.502 e. The predicted molar refractivity (Wildman–Crippen MR) is 152 cm³/mol. The highest BCUT2D eigenvalue weighted by Gasteiger charge is 2.60. The molecule has 9 atom stereocenters. The molecule has 2 aliphatic heterocycles. The van der Waals surface area contributed by atoms with Crippen molar-refractivity contribution < 1.29 is 78.5 Å². The number of hydrogen-bond donors (Lipinski definition) is 7. The largest absolute Gasteiger partial charge is 0.502 e. The van der Waals surface area contributed by atoms with Crippen LogP contribution in [0.5, 0.6) is 17.2 Å². The minimum atomic E-state index is -2.46. The third-order valence-electron chi connectivity index (χ3n) is 7.41. The van der Waals surface area contributed by atoms with Gasteiger partial charge in [0.25, 0.3) is 0 Å². The van der Waals surface area contributed by atoms with E-state index in [1.807, 2.05) is 0 Å². The molecule has 0 bridgehead atoms. The molecule has 2 fully saturated rings. The Morgan fingerprint density at radius 2 is 1.57 bits per heavy atom. The van der Waals surface area contributed by atoms with Gasteiger partial charge in [-0.05, 0) is 35.9 Å². The number of rotatable bonds is 12. The zero-order chi connectivity index (χ0) is 33.6. The summed E-state index contributed by atoms with van der Waals surface area (Å²) in [7, 11) is 2.63. The second kappa shape index (κ2) is 15.2. The highest BCUT2D eigenvalue weighted by molar-refractivity contribution is 5.89. The smallest absolute Gasteiger partial charge is 0.338 e. The number of carbonyl (C=O) groups excluding carboxylic acids is 2. The number of benzene rings is 2. The van der Waals surface area contributed by atoms with E-state index in [-0.39, 0.29) is 22.8 Å². The van der Waals surface area contributed by atoms with Gasteiger partial charge < -0.3 is 68.9 Å². The van der Waals surface area contributed by atoms with Crippen LogP contribution in [0.25, 0.3) is 6.08 Å². The van der Waals surface area contributed by atoms with Gasteiger partial charge in [0.15, 0.2) is 23.9 Å². The van der Waals surface area contributed by atoms with Crippen molar-refractivity contribution in [3.05, 3.63) is 59.7 Å². The number of phenolic OH excluding ortho intramolecular Hbond substituents is 1. The molecule has 46 heavy (non-hydrogen) atoms. The fourth-order valence-corrected chi connectivity index (χ4v) is 4.91. The number of aliphatic hydroxyl groups is 6.